The van der Waals surface area contributed by atoms with Crippen LogP contribution in [-0.2, 0) is 0 Å². The number of halogens is 1. The molecule has 5 nitrogen and oxygen atoms in total. The van der Waals surface area contributed by atoms with Crippen LogP contribution < -0.4 is 5.73 Å². The number of rotatable bonds is 1. The lowest BCUT2D eigenvalue weighted by Gasteiger charge is -1.98. The van der Waals surface area contributed by atoms with Crippen molar-refractivity contribution in [3.05, 3.63) is 22.7 Å². The summed E-state index contributed by atoms with van der Waals surface area (Å²) in [6.07, 6.45) is 3.81. The molecule has 0 saturated carbocycles. The zero-order chi connectivity index (χ0) is 9.42. The summed E-state index contributed by atoms with van der Waals surface area (Å²) in [7, 11) is 0. The number of nitrogens with zero attached hydrogens (tertiary/aromatic N) is 3. The van der Waals surface area contributed by atoms with Crippen LogP contribution in [0.1, 0.15) is 10.5 Å². The third-order valence-corrected chi connectivity index (χ3v) is 2.02. The molecule has 2 heterocycles. The summed E-state index contributed by atoms with van der Waals surface area (Å²) in [5, 5.41) is 0. The Labute approximate surface area is 81.7 Å². The van der Waals surface area contributed by atoms with Crippen LogP contribution in [0.25, 0.3) is 5.65 Å². The first kappa shape index (κ1) is 8.18. The molecule has 2 N–H and O–H groups in total. The highest BCUT2D eigenvalue weighted by atomic mass is 79.9. The number of carbonyl (C=O) groups is 1. The molecular formula is C7H5BrN4O. The smallest absolute Gasteiger partial charge is 0.180 e. The lowest BCUT2D eigenvalue weighted by Crippen LogP contribution is -1.98. The second-order valence-electron chi connectivity index (χ2n) is 2.44. The van der Waals surface area contributed by atoms with E-state index in [0.717, 1.165) is 0 Å². The molecule has 0 bridgehead atoms. The first-order valence-electron chi connectivity index (χ1n) is 3.46. The van der Waals surface area contributed by atoms with Gasteiger partial charge in [-0.25, -0.2) is 9.97 Å². The van der Waals surface area contributed by atoms with Crippen molar-refractivity contribution in [3.8, 4) is 0 Å². The summed E-state index contributed by atoms with van der Waals surface area (Å²) >= 11 is 3.18. The average Bonchev–Trinajstić information content (AvgIpc) is 2.47. The Morgan fingerprint density at radius 3 is 3.08 bits per heavy atom. The van der Waals surface area contributed by atoms with E-state index >= 15 is 0 Å². The van der Waals surface area contributed by atoms with Gasteiger partial charge in [0.2, 0.25) is 0 Å². The molecule has 13 heavy (non-hydrogen) atoms. The molecule has 0 radical (unpaired) electrons. The quantitative estimate of drug-likeness (QED) is 0.752. The van der Waals surface area contributed by atoms with E-state index in [0.29, 0.717) is 28.0 Å². The molecule has 2 aromatic rings. The molecule has 0 atom stereocenters. The van der Waals surface area contributed by atoms with Gasteiger partial charge < -0.3 is 5.73 Å². The van der Waals surface area contributed by atoms with Gasteiger partial charge in [0.05, 0.1) is 6.20 Å². The van der Waals surface area contributed by atoms with E-state index in [1.807, 2.05) is 0 Å². The van der Waals surface area contributed by atoms with Crippen LogP contribution in [0.4, 0.5) is 5.82 Å². The molecule has 0 aromatic carbocycles. The number of fused-ring (bicyclic) bond motifs is 1. The summed E-state index contributed by atoms with van der Waals surface area (Å²) in [6, 6.07) is 0. The Morgan fingerprint density at radius 2 is 2.38 bits per heavy atom. The van der Waals surface area contributed by atoms with Gasteiger partial charge >= 0.3 is 0 Å². The number of anilines is 1. The molecule has 0 unspecified atom stereocenters. The Morgan fingerprint density at radius 1 is 1.62 bits per heavy atom. The van der Waals surface area contributed by atoms with Crippen molar-refractivity contribution in [2.45, 2.75) is 0 Å². The average molecular weight is 241 g/mol. The fourth-order valence-electron chi connectivity index (χ4n) is 1.09. The predicted molar refractivity (Wildman–Crippen MR) is 50.5 cm³/mol. The highest BCUT2D eigenvalue weighted by Gasteiger charge is 2.06. The minimum absolute atomic E-state index is 0.294. The molecule has 6 heteroatoms. The Kier molecular flexibility index (Phi) is 1.77. The summed E-state index contributed by atoms with van der Waals surface area (Å²) in [4.78, 5) is 18.5. The summed E-state index contributed by atoms with van der Waals surface area (Å²) < 4.78 is 2.15. The van der Waals surface area contributed by atoms with Gasteiger partial charge in [-0.3, -0.25) is 9.20 Å². The largest absolute Gasteiger partial charge is 0.381 e. The topological polar surface area (TPSA) is 73.3 Å². The normalized spacial score (nSPS) is 10.5. The highest BCUT2D eigenvalue weighted by molar-refractivity contribution is 9.10. The van der Waals surface area contributed by atoms with Gasteiger partial charge in [-0.2, -0.15) is 0 Å². The van der Waals surface area contributed by atoms with Crippen LogP contribution in [-0.4, -0.2) is 20.7 Å². The van der Waals surface area contributed by atoms with E-state index in [1.165, 1.54) is 6.20 Å². The molecule has 0 aliphatic rings. The first-order valence-corrected chi connectivity index (χ1v) is 4.26. The van der Waals surface area contributed by atoms with E-state index < -0.39 is 0 Å². The summed E-state index contributed by atoms with van der Waals surface area (Å²) in [5.74, 6) is 0.294. The fraction of sp³-hybridized carbons (Fsp3) is 0. The van der Waals surface area contributed by atoms with Crippen LogP contribution in [0.15, 0.2) is 17.0 Å². The molecular weight excluding hydrogens is 236 g/mol. The Balaban J connectivity index is 2.89. The minimum Gasteiger partial charge on any atom is -0.381 e. The van der Waals surface area contributed by atoms with Crippen molar-refractivity contribution in [3.63, 3.8) is 0 Å². The van der Waals surface area contributed by atoms with Gasteiger partial charge in [0.15, 0.2) is 17.8 Å². The maximum absolute atomic E-state index is 10.6. The van der Waals surface area contributed by atoms with Gasteiger partial charge in [-0.1, -0.05) is 0 Å². The third-order valence-electron chi connectivity index (χ3n) is 1.64. The second-order valence-corrected chi connectivity index (χ2v) is 3.26. The Bertz CT molecular complexity index is 479. The molecule has 0 spiro atoms. The molecule has 0 aliphatic heterocycles. The zero-order valence-electron chi connectivity index (χ0n) is 6.44. The number of nitrogen functional groups attached to an aromatic ring is 1. The van der Waals surface area contributed by atoms with Crippen molar-refractivity contribution in [2.75, 3.05) is 5.73 Å². The first-order chi connectivity index (χ1) is 6.22. The van der Waals surface area contributed by atoms with Gasteiger partial charge in [0, 0.05) is 6.20 Å². The van der Waals surface area contributed by atoms with Crippen molar-refractivity contribution in [1.29, 1.82) is 0 Å². The van der Waals surface area contributed by atoms with E-state index in [2.05, 4.69) is 25.9 Å². The molecule has 0 saturated heterocycles. The van der Waals surface area contributed by atoms with E-state index in [1.54, 1.807) is 10.6 Å². The number of aromatic nitrogens is 3. The van der Waals surface area contributed by atoms with Gasteiger partial charge in [0.1, 0.15) is 10.3 Å². The van der Waals surface area contributed by atoms with Gasteiger partial charge in [-0.15, -0.1) is 0 Å². The fourth-order valence-corrected chi connectivity index (χ4v) is 1.48. The molecule has 0 aliphatic carbocycles. The van der Waals surface area contributed by atoms with Crippen molar-refractivity contribution < 1.29 is 4.79 Å². The maximum Gasteiger partial charge on any atom is 0.180 e. The number of aldehydes is 1. The monoisotopic (exact) mass is 240 g/mol. The summed E-state index contributed by atoms with van der Waals surface area (Å²) in [6.45, 7) is 0. The molecule has 66 valence electrons. The van der Waals surface area contributed by atoms with Crippen LogP contribution in [0.5, 0.6) is 0 Å². The van der Waals surface area contributed by atoms with E-state index in [9.17, 15) is 4.79 Å². The van der Waals surface area contributed by atoms with Gasteiger partial charge in [0.25, 0.3) is 0 Å². The van der Waals surface area contributed by atoms with Crippen LogP contribution >= 0.6 is 15.9 Å². The van der Waals surface area contributed by atoms with Gasteiger partial charge in [-0.05, 0) is 15.9 Å². The highest BCUT2D eigenvalue weighted by Crippen LogP contribution is 2.15. The Hall–Kier alpha value is -1.43. The van der Waals surface area contributed by atoms with Crippen LogP contribution in [0.2, 0.25) is 0 Å². The lowest BCUT2D eigenvalue weighted by molar-refractivity contribution is 0.111. The molecule has 0 fully saturated rings. The van der Waals surface area contributed by atoms with Crippen LogP contribution in [0.3, 0.4) is 0 Å². The maximum atomic E-state index is 10.6. The number of carbonyl (C=O) groups excluding carboxylic acids is 1. The van der Waals surface area contributed by atoms with Crippen molar-refractivity contribution in [2.24, 2.45) is 0 Å². The molecule has 0 amide bonds. The van der Waals surface area contributed by atoms with E-state index in [4.69, 9.17) is 5.73 Å². The SMILES string of the molecule is Nc1nc(Br)cn2c(C=O)cnc12. The van der Waals surface area contributed by atoms with Crippen molar-refractivity contribution >= 4 is 33.7 Å². The molecule has 2 rings (SSSR count). The number of hydrogen-bond acceptors (Lipinski definition) is 4. The zero-order valence-corrected chi connectivity index (χ0v) is 8.02. The number of nitrogens with two attached hydrogens (primary N) is 1. The third kappa shape index (κ3) is 1.19. The number of hydrogen-bond donors (Lipinski definition) is 1. The predicted octanol–water partition coefficient (Wildman–Crippen LogP) is 0.886. The standard InChI is InChI=1S/C7H5BrN4O/c8-5-2-12-4(3-13)1-10-7(12)6(9)11-5/h1-3H,(H2,9,11). The minimum atomic E-state index is 0.294. The van der Waals surface area contributed by atoms with E-state index in [-0.39, 0.29) is 0 Å². The second kappa shape index (κ2) is 2.81. The molecule has 2 aromatic heterocycles. The summed E-state index contributed by atoms with van der Waals surface area (Å²) in [5.41, 5.74) is 6.52. The van der Waals surface area contributed by atoms with Crippen LogP contribution in [0, 0.1) is 0 Å². The lowest BCUT2D eigenvalue weighted by atomic mass is 10.5. The van der Waals surface area contributed by atoms with Crippen molar-refractivity contribution in [1.82, 2.24) is 14.4 Å². The number of imidazole rings is 1.